The molecule has 0 unspecified atom stereocenters. The summed E-state index contributed by atoms with van der Waals surface area (Å²) in [5, 5.41) is 14.7. The number of rotatable bonds is 2. The zero-order chi connectivity index (χ0) is 13.4. The van der Waals surface area contributed by atoms with Gasteiger partial charge in [-0.1, -0.05) is 26.0 Å². The Kier molecular flexibility index (Phi) is 3.03. The zero-order valence-electron chi connectivity index (χ0n) is 11.2. The zero-order valence-corrected chi connectivity index (χ0v) is 11.2. The van der Waals surface area contributed by atoms with Crippen LogP contribution in [0, 0.1) is 6.92 Å². The minimum atomic E-state index is 0.269. The quantitative estimate of drug-likeness (QED) is 0.855. The molecule has 0 bridgehead atoms. The largest absolute Gasteiger partial charge is 0.507 e. The van der Waals surface area contributed by atoms with Crippen molar-refractivity contribution >= 4 is 5.82 Å². The molecule has 0 saturated heterocycles. The molecule has 18 heavy (non-hydrogen) atoms. The molecular weight excluding hydrogens is 226 g/mol. The second-order valence-electron chi connectivity index (χ2n) is 4.93. The van der Waals surface area contributed by atoms with Gasteiger partial charge in [-0.25, -0.2) is 0 Å². The van der Waals surface area contributed by atoms with Crippen LogP contribution in [0.25, 0.3) is 11.3 Å². The van der Waals surface area contributed by atoms with Gasteiger partial charge in [0, 0.05) is 18.7 Å². The number of nitrogens with zero attached hydrogens (tertiary/aromatic N) is 2. The van der Waals surface area contributed by atoms with E-state index in [2.05, 4.69) is 18.9 Å². The Balaban J connectivity index is 2.66. The SMILES string of the molecule is Cc1ccc(C(C)C)c(O)c1-c1cc(N)n(C)n1. The summed E-state index contributed by atoms with van der Waals surface area (Å²) in [4.78, 5) is 0. The van der Waals surface area contributed by atoms with Crippen molar-refractivity contribution in [2.24, 2.45) is 7.05 Å². The number of aryl methyl sites for hydroxylation is 2. The van der Waals surface area contributed by atoms with Crippen molar-refractivity contribution < 1.29 is 5.11 Å². The molecule has 1 aromatic carbocycles. The molecule has 0 aliphatic rings. The van der Waals surface area contributed by atoms with E-state index in [1.165, 1.54) is 0 Å². The molecule has 2 aromatic rings. The van der Waals surface area contributed by atoms with Gasteiger partial charge in [0.2, 0.25) is 0 Å². The van der Waals surface area contributed by atoms with Gasteiger partial charge in [0.05, 0.1) is 5.69 Å². The lowest BCUT2D eigenvalue weighted by molar-refractivity contribution is 0.466. The van der Waals surface area contributed by atoms with E-state index in [1.807, 2.05) is 19.1 Å². The van der Waals surface area contributed by atoms with Crippen LogP contribution in [0.2, 0.25) is 0 Å². The van der Waals surface area contributed by atoms with Crippen LogP contribution in [0.1, 0.15) is 30.9 Å². The number of phenolic OH excluding ortho intramolecular Hbond substituents is 1. The standard InChI is InChI=1S/C14H19N3O/c1-8(2)10-6-5-9(3)13(14(10)18)11-7-12(15)17(4)16-11/h5-8,18H,15H2,1-4H3. The van der Waals surface area contributed by atoms with E-state index in [-0.39, 0.29) is 5.92 Å². The first kappa shape index (κ1) is 12.5. The summed E-state index contributed by atoms with van der Waals surface area (Å²) in [6.07, 6.45) is 0. The second-order valence-corrected chi connectivity index (χ2v) is 4.93. The predicted octanol–water partition coefficient (Wildman–Crippen LogP) is 2.81. The summed E-state index contributed by atoms with van der Waals surface area (Å²) < 4.78 is 1.61. The maximum Gasteiger partial charge on any atom is 0.128 e. The first-order valence-electron chi connectivity index (χ1n) is 6.04. The molecule has 1 heterocycles. The summed E-state index contributed by atoms with van der Waals surface area (Å²) in [6.45, 7) is 6.08. The number of phenols is 1. The van der Waals surface area contributed by atoms with Crippen LogP contribution in [0.4, 0.5) is 5.82 Å². The number of hydrogen-bond acceptors (Lipinski definition) is 3. The van der Waals surface area contributed by atoms with Crippen LogP contribution in [-0.4, -0.2) is 14.9 Å². The third kappa shape index (κ3) is 1.94. The monoisotopic (exact) mass is 245 g/mol. The Labute approximate surface area is 107 Å². The average Bonchev–Trinajstić information content (AvgIpc) is 2.58. The van der Waals surface area contributed by atoms with Crippen LogP contribution in [-0.2, 0) is 7.05 Å². The fourth-order valence-electron chi connectivity index (χ4n) is 2.10. The molecule has 96 valence electrons. The number of aromatic hydroxyl groups is 1. The van der Waals surface area contributed by atoms with Crippen molar-refractivity contribution in [3.8, 4) is 17.0 Å². The van der Waals surface area contributed by atoms with Gasteiger partial charge >= 0.3 is 0 Å². The molecule has 0 amide bonds. The Morgan fingerprint density at radius 2 is 2.00 bits per heavy atom. The summed E-state index contributed by atoms with van der Waals surface area (Å²) in [5.74, 6) is 1.16. The number of anilines is 1. The lowest BCUT2D eigenvalue weighted by atomic mass is 9.94. The molecule has 0 fully saturated rings. The summed E-state index contributed by atoms with van der Waals surface area (Å²) in [6, 6.07) is 5.76. The topological polar surface area (TPSA) is 64.1 Å². The number of nitrogens with two attached hydrogens (primary N) is 1. The molecule has 0 radical (unpaired) electrons. The summed E-state index contributed by atoms with van der Waals surface area (Å²) in [5.41, 5.74) is 9.21. The molecule has 4 nitrogen and oxygen atoms in total. The first-order chi connectivity index (χ1) is 8.41. The lowest BCUT2D eigenvalue weighted by Crippen LogP contribution is -1.97. The molecule has 0 aliphatic carbocycles. The van der Waals surface area contributed by atoms with Gasteiger partial charge in [0.25, 0.3) is 0 Å². The van der Waals surface area contributed by atoms with Crippen molar-refractivity contribution in [1.82, 2.24) is 9.78 Å². The van der Waals surface area contributed by atoms with E-state index in [0.29, 0.717) is 17.3 Å². The highest BCUT2D eigenvalue weighted by Gasteiger charge is 2.17. The highest BCUT2D eigenvalue weighted by Crippen LogP contribution is 2.38. The fraction of sp³-hybridized carbons (Fsp3) is 0.357. The van der Waals surface area contributed by atoms with Gasteiger partial charge in [0.15, 0.2) is 0 Å². The first-order valence-corrected chi connectivity index (χ1v) is 6.04. The van der Waals surface area contributed by atoms with E-state index in [0.717, 1.165) is 16.7 Å². The predicted molar refractivity (Wildman–Crippen MR) is 73.5 cm³/mol. The van der Waals surface area contributed by atoms with E-state index in [9.17, 15) is 5.11 Å². The highest BCUT2D eigenvalue weighted by atomic mass is 16.3. The van der Waals surface area contributed by atoms with Gasteiger partial charge in [-0.15, -0.1) is 0 Å². The molecule has 1 aromatic heterocycles. The molecular formula is C14H19N3O. The third-order valence-electron chi connectivity index (χ3n) is 3.21. The maximum absolute atomic E-state index is 10.4. The van der Waals surface area contributed by atoms with Crippen molar-refractivity contribution in [1.29, 1.82) is 0 Å². The number of nitrogen functional groups attached to an aromatic ring is 1. The molecule has 0 saturated carbocycles. The second kappa shape index (κ2) is 4.37. The summed E-state index contributed by atoms with van der Waals surface area (Å²) in [7, 11) is 1.79. The van der Waals surface area contributed by atoms with Gasteiger partial charge in [-0.3, -0.25) is 4.68 Å². The van der Waals surface area contributed by atoms with Crippen LogP contribution >= 0.6 is 0 Å². The molecule has 0 aliphatic heterocycles. The number of hydrogen-bond donors (Lipinski definition) is 2. The molecule has 2 rings (SSSR count). The van der Waals surface area contributed by atoms with Crippen molar-refractivity contribution in [2.75, 3.05) is 5.73 Å². The molecule has 3 N–H and O–H groups in total. The number of aromatic nitrogens is 2. The van der Waals surface area contributed by atoms with Crippen LogP contribution in [0.3, 0.4) is 0 Å². The van der Waals surface area contributed by atoms with Crippen molar-refractivity contribution in [3.05, 3.63) is 29.3 Å². The van der Waals surface area contributed by atoms with Gasteiger partial charge in [-0.05, 0) is 24.0 Å². The van der Waals surface area contributed by atoms with E-state index in [1.54, 1.807) is 17.8 Å². The van der Waals surface area contributed by atoms with Crippen LogP contribution in [0.15, 0.2) is 18.2 Å². The normalized spacial score (nSPS) is 11.2. The lowest BCUT2D eigenvalue weighted by Gasteiger charge is -2.13. The molecule has 4 heteroatoms. The van der Waals surface area contributed by atoms with Gasteiger partial charge in [0.1, 0.15) is 11.6 Å². The van der Waals surface area contributed by atoms with Gasteiger partial charge in [-0.2, -0.15) is 5.10 Å². The smallest absolute Gasteiger partial charge is 0.128 e. The van der Waals surface area contributed by atoms with E-state index in [4.69, 9.17) is 5.73 Å². The fourth-order valence-corrected chi connectivity index (χ4v) is 2.10. The molecule has 0 atom stereocenters. The van der Waals surface area contributed by atoms with E-state index < -0.39 is 0 Å². The number of benzene rings is 1. The Bertz CT molecular complexity index is 565. The Hall–Kier alpha value is -1.97. The van der Waals surface area contributed by atoms with E-state index >= 15 is 0 Å². The van der Waals surface area contributed by atoms with Gasteiger partial charge < -0.3 is 10.8 Å². The average molecular weight is 245 g/mol. The van der Waals surface area contributed by atoms with Crippen LogP contribution < -0.4 is 5.73 Å². The third-order valence-corrected chi connectivity index (χ3v) is 3.21. The Morgan fingerprint density at radius 3 is 2.50 bits per heavy atom. The minimum absolute atomic E-state index is 0.269. The summed E-state index contributed by atoms with van der Waals surface area (Å²) >= 11 is 0. The minimum Gasteiger partial charge on any atom is -0.507 e. The van der Waals surface area contributed by atoms with Crippen molar-refractivity contribution in [2.45, 2.75) is 26.7 Å². The van der Waals surface area contributed by atoms with Crippen LogP contribution in [0.5, 0.6) is 5.75 Å². The molecule has 0 spiro atoms. The van der Waals surface area contributed by atoms with Crippen molar-refractivity contribution in [3.63, 3.8) is 0 Å². The Morgan fingerprint density at radius 1 is 1.33 bits per heavy atom. The highest BCUT2D eigenvalue weighted by molar-refractivity contribution is 5.74. The maximum atomic E-state index is 10.4.